The molecule has 4 atom stereocenters. The number of rotatable bonds is 11. The third-order valence-electron chi connectivity index (χ3n) is 6.03. The molecule has 1 heterocycles. The number of hydrogen-bond donors (Lipinski definition) is 0. The lowest BCUT2D eigenvalue weighted by atomic mass is 10.1. The van der Waals surface area contributed by atoms with Crippen molar-refractivity contribution in [2.24, 2.45) is 0 Å². The number of carbonyl (C=O) groups is 2. The van der Waals surface area contributed by atoms with E-state index < -0.39 is 46.4 Å². The van der Waals surface area contributed by atoms with Gasteiger partial charge in [0.25, 0.3) is 11.4 Å². The van der Waals surface area contributed by atoms with Crippen LogP contribution in [0.15, 0.2) is 78.9 Å². The fraction of sp³-hybridized carbons (Fsp3) is 0.259. The first-order valence-corrected chi connectivity index (χ1v) is 12.0. The minimum Gasteiger partial charge on any atom is -0.459 e. The van der Waals surface area contributed by atoms with Gasteiger partial charge in [0.05, 0.1) is 27.6 Å². The second-order valence-electron chi connectivity index (χ2n) is 8.62. The summed E-state index contributed by atoms with van der Waals surface area (Å²) in [5.41, 5.74) is 0.621. The molecule has 40 heavy (non-hydrogen) atoms. The molecule has 0 amide bonds. The zero-order chi connectivity index (χ0) is 28.6. The molecule has 0 spiro atoms. The summed E-state index contributed by atoms with van der Waals surface area (Å²) < 4.78 is 28.4. The SMILES string of the molecule is CO[C@@H]1O[C@@H](COC(=O)c2ccc([N+](=O)[O-])cc2)[C@@H](OCc2ccccc2)[C@@H]1OC(=O)c1ccc([N+](=O)[O-])cc1. The largest absolute Gasteiger partial charge is 0.459 e. The molecular formula is C27H24N2O11. The molecule has 13 heteroatoms. The molecule has 0 saturated carbocycles. The highest BCUT2D eigenvalue weighted by molar-refractivity contribution is 5.90. The van der Waals surface area contributed by atoms with Gasteiger partial charge in [-0.1, -0.05) is 30.3 Å². The maximum Gasteiger partial charge on any atom is 0.338 e. The number of carbonyl (C=O) groups excluding carboxylic acids is 2. The van der Waals surface area contributed by atoms with Crippen LogP contribution in [0.25, 0.3) is 0 Å². The topological polar surface area (TPSA) is 167 Å². The summed E-state index contributed by atoms with van der Waals surface area (Å²) in [6.45, 7) is -0.190. The van der Waals surface area contributed by atoms with Crippen molar-refractivity contribution >= 4 is 23.3 Å². The van der Waals surface area contributed by atoms with E-state index in [2.05, 4.69) is 0 Å². The van der Waals surface area contributed by atoms with Crippen LogP contribution in [0.3, 0.4) is 0 Å². The van der Waals surface area contributed by atoms with E-state index in [9.17, 15) is 29.8 Å². The molecule has 0 aromatic heterocycles. The molecule has 1 saturated heterocycles. The van der Waals surface area contributed by atoms with E-state index in [4.69, 9.17) is 23.7 Å². The van der Waals surface area contributed by atoms with E-state index >= 15 is 0 Å². The molecule has 0 unspecified atom stereocenters. The van der Waals surface area contributed by atoms with Gasteiger partial charge in [-0.25, -0.2) is 9.59 Å². The molecule has 0 N–H and O–H groups in total. The third-order valence-corrected chi connectivity index (χ3v) is 6.03. The highest BCUT2D eigenvalue weighted by atomic mass is 16.7. The summed E-state index contributed by atoms with van der Waals surface area (Å²) in [7, 11) is 1.34. The molecule has 1 aliphatic heterocycles. The van der Waals surface area contributed by atoms with Crippen molar-refractivity contribution < 1.29 is 43.1 Å². The standard InChI is InChI=1S/C27H24N2O11/c1-36-27-24(40-26(31)19-9-13-21(14-10-19)29(34)35)23(37-15-17-5-3-2-4-6-17)22(39-27)16-38-25(30)18-7-11-20(12-8-18)28(32)33/h2-14,22-24,27H,15-16H2,1H3/t22-,23+,24-,27+/m0/s1. The summed E-state index contributed by atoms with van der Waals surface area (Å²) in [6, 6.07) is 19.0. The fourth-order valence-corrected chi connectivity index (χ4v) is 3.98. The number of methoxy groups -OCH3 is 1. The van der Waals surface area contributed by atoms with E-state index in [0.717, 1.165) is 5.56 Å². The highest BCUT2D eigenvalue weighted by Crippen LogP contribution is 2.30. The van der Waals surface area contributed by atoms with Gasteiger partial charge in [-0.05, 0) is 29.8 Å². The van der Waals surface area contributed by atoms with Crippen LogP contribution < -0.4 is 0 Å². The van der Waals surface area contributed by atoms with Crippen LogP contribution in [0.5, 0.6) is 0 Å². The Hall–Kier alpha value is -4.72. The maximum absolute atomic E-state index is 12.9. The number of nitro groups is 2. The Morgan fingerprint density at radius 1 is 0.800 bits per heavy atom. The number of hydrogen-bond acceptors (Lipinski definition) is 11. The number of esters is 2. The summed E-state index contributed by atoms with van der Waals surface area (Å²) >= 11 is 0. The van der Waals surface area contributed by atoms with Crippen LogP contribution in [0.2, 0.25) is 0 Å². The van der Waals surface area contributed by atoms with E-state index in [1.165, 1.54) is 55.6 Å². The van der Waals surface area contributed by atoms with Crippen LogP contribution in [-0.2, 0) is 30.3 Å². The minimum absolute atomic E-state index is 0.0651. The van der Waals surface area contributed by atoms with Crippen LogP contribution in [0.4, 0.5) is 11.4 Å². The monoisotopic (exact) mass is 552 g/mol. The lowest BCUT2D eigenvalue weighted by molar-refractivity contribution is -0.385. The van der Waals surface area contributed by atoms with Gasteiger partial charge in [0, 0.05) is 31.4 Å². The molecule has 1 fully saturated rings. The van der Waals surface area contributed by atoms with Crippen molar-refractivity contribution in [3.63, 3.8) is 0 Å². The summed E-state index contributed by atoms with van der Waals surface area (Å²) in [6.07, 6.45) is -4.01. The second-order valence-corrected chi connectivity index (χ2v) is 8.62. The van der Waals surface area contributed by atoms with Gasteiger partial charge in [-0.15, -0.1) is 0 Å². The van der Waals surface area contributed by atoms with E-state index in [1.807, 2.05) is 30.3 Å². The predicted octanol–water partition coefficient (Wildman–Crippen LogP) is 3.84. The average Bonchev–Trinajstić information content (AvgIpc) is 3.31. The van der Waals surface area contributed by atoms with E-state index in [0.29, 0.717) is 0 Å². The van der Waals surface area contributed by atoms with Crippen molar-refractivity contribution in [1.82, 2.24) is 0 Å². The van der Waals surface area contributed by atoms with Crippen LogP contribution in [0, 0.1) is 20.2 Å². The average molecular weight is 552 g/mol. The smallest absolute Gasteiger partial charge is 0.338 e. The molecule has 4 rings (SSSR count). The van der Waals surface area contributed by atoms with Gasteiger partial charge in [0.15, 0.2) is 12.4 Å². The normalized spacial score (nSPS) is 20.0. The molecule has 3 aromatic carbocycles. The van der Waals surface area contributed by atoms with Gasteiger partial charge in [-0.2, -0.15) is 0 Å². The Bertz CT molecular complexity index is 1350. The van der Waals surface area contributed by atoms with Crippen LogP contribution in [0.1, 0.15) is 26.3 Å². The van der Waals surface area contributed by atoms with Crippen molar-refractivity contribution in [3.8, 4) is 0 Å². The van der Waals surface area contributed by atoms with E-state index in [1.54, 1.807) is 0 Å². The maximum atomic E-state index is 12.9. The highest BCUT2D eigenvalue weighted by Gasteiger charge is 2.49. The van der Waals surface area contributed by atoms with E-state index in [-0.39, 0.29) is 35.7 Å². The number of nitrogens with zero attached hydrogens (tertiary/aromatic N) is 2. The van der Waals surface area contributed by atoms with Gasteiger partial charge < -0.3 is 23.7 Å². The minimum atomic E-state index is -1.08. The molecule has 0 bridgehead atoms. The van der Waals surface area contributed by atoms with Crippen molar-refractivity contribution in [3.05, 3.63) is 116 Å². The Labute approximate surface area is 227 Å². The van der Waals surface area contributed by atoms with Gasteiger partial charge in [0.1, 0.15) is 18.8 Å². The zero-order valence-electron chi connectivity index (χ0n) is 21.1. The number of non-ortho nitro benzene ring substituents is 2. The van der Waals surface area contributed by atoms with Gasteiger partial charge in [-0.3, -0.25) is 20.2 Å². The van der Waals surface area contributed by atoms with Crippen LogP contribution in [-0.4, -0.2) is 60.1 Å². The molecule has 13 nitrogen and oxygen atoms in total. The number of benzene rings is 3. The van der Waals surface area contributed by atoms with Crippen molar-refractivity contribution in [2.45, 2.75) is 31.2 Å². The molecular weight excluding hydrogens is 528 g/mol. The number of nitro benzene ring substituents is 2. The molecule has 0 radical (unpaired) electrons. The van der Waals surface area contributed by atoms with Crippen LogP contribution >= 0.6 is 0 Å². The van der Waals surface area contributed by atoms with Gasteiger partial charge in [0.2, 0.25) is 0 Å². The summed E-state index contributed by atoms with van der Waals surface area (Å²) in [5.74, 6) is -1.54. The predicted molar refractivity (Wildman–Crippen MR) is 136 cm³/mol. The Morgan fingerprint density at radius 3 is 1.88 bits per heavy atom. The molecule has 1 aliphatic rings. The van der Waals surface area contributed by atoms with Gasteiger partial charge >= 0.3 is 11.9 Å². The summed E-state index contributed by atoms with van der Waals surface area (Å²) in [5, 5.41) is 21.8. The Kier molecular flexibility index (Phi) is 9.11. The molecule has 0 aliphatic carbocycles. The fourth-order valence-electron chi connectivity index (χ4n) is 3.98. The summed E-state index contributed by atoms with van der Waals surface area (Å²) in [4.78, 5) is 46.1. The lowest BCUT2D eigenvalue weighted by Crippen LogP contribution is -2.41. The zero-order valence-corrected chi connectivity index (χ0v) is 21.1. The van der Waals surface area contributed by atoms with Crippen molar-refractivity contribution in [1.29, 1.82) is 0 Å². The Balaban J connectivity index is 1.49. The number of ether oxygens (including phenoxy) is 5. The lowest BCUT2D eigenvalue weighted by Gasteiger charge is -2.24. The second kappa shape index (κ2) is 12.9. The first-order valence-electron chi connectivity index (χ1n) is 12.0. The quantitative estimate of drug-likeness (QED) is 0.193. The first kappa shape index (κ1) is 28.3. The Morgan fingerprint density at radius 2 is 1.35 bits per heavy atom. The molecule has 208 valence electrons. The third kappa shape index (κ3) is 6.83. The first-order chi connectivity index (χ1) is 19.3. The molecule has 3 aromatic rings. The van der Waals surface area contributed by atoms with Crippen molar-refractivity contribution in [2.75, 3.05) is 13.7 Å².